The van der Waals surface area contributed by atoms with Gasteiger partial charge in [-0.1, -0.05) is 12.1 Å². The van der Waals surface area contributed by atoms with Gasteiger partial charge in [-0.05, 0) is 34.0 Å². The molecule has 0 spiro atoms. The molecule has 0 radical (unpaired) electrons. The summed E-state index contributed by atoms with van der Waals surface area (Å²) in [5, 5.41) is 0. The van der Waals surface area contributed by atoms with E-state index in [0.717, 1.165) is 49.6 Å². The number of halogens is 1. The fraction of sp³-hybridized carbons (Fsp3) is 0.600. The van der Waals surface area contributed by atoms with Gasteiger partial charge in [0.05, 0.1) is 13.2 Å². The maximum absolute atomic E-state index is 5.95. The van der Waals surface area contributed by atoms with E-state index in [-0.39, 0.29) is 0 Å². The molecule has 20 heavy (non-hydrogen) atoms. The Morgan fingerprint density at radius 2 is 2.05 bits per heavy atom. The summed E-state index contributed by atoms with van der Waals surface area (Å²) in [6.45, 7) is 7.24. The molecule has 2 heterocycles. The van der Waals surface area contributed by atoms with E-state index in [4.69, 9.17) is 10.5 Å². The number of morpholine rings is 1. The second kappa shape index (κ2) is 6.43. The number of rotatable bonds is 3. The molecule has 3 rings (SSSR count). The summed E-state index contributed by atoms with van der Waals surface area (Å²) >= 11 is 3.60. The Morgan fingerprint density at radius 3 is 2.85 bits per heavy atom. The molecule has 1 unspecified atom stereocenters. The Bertz CT molecular complexity index is 462. The monoisotopic (exact) mass is 339 g/mol. The SMILES string of the molecule is Nc1cccc(CN2CCC(N3CCOCC3)C2)c1Br. The van der Waals surface area contributed by atoms with Crippen molar-refractivity contribution in [2.75, 3.05) is 45.1 Å². The molecule has 0 aromatic heterocycles. The van der Waals surface area contributed by atoms with Gasteiger partial charge in [0.25, 0.3) is 0 Å². The van der Waals surface area contributed by atoms with E-state index in [9.17, 15) is 0 Å². The van der Waals surface area contributed by atoms with Gasteiger partial charge in [-0.15, -0.1) is 0 Å². The first kappa shape index (κ1) is 14.3. The Labute approximate surface area is 129 Å². The highest BCUT2D eigenvalue weighted by Gasteiger charge is 2.28. The molecule has 2 aliphatic heterocycles. The maximum Gasteiger partial charge on any atom is 0.0594 e. The van der Waals surface area contributed by atoms with Crippen LogP contribution in [0.15, 0.2) is 22.7 Å². The lowest BCUT2D eigenvalue weighted by Gasteiger charge is -2.32. The molecule has 1 atom stereocenters. The zero-order valence-corrected chi connectivity index (χ0v) is 13.3. The van der Waals surface area contributed by atoms with E-state index in [2.05, 4.69) is 31.8 Å². The average molecular weight is 340 g/mol. The fourth-order valence-electron chi connectivity index (χ4n) is 3.16. The highest BCUT2D eigenvalue weighted by atomic mass is 79.9. The first-order valence-corrected chi connectivity index (χ1v) is 8.10. The number of hydrogen-bond donors (Lipinski definition) is 1. The third kappa shape index (κ3) is 3.17. The topological polar surface area (TPSA) is 41.7 Å². The van der Waals surface area contributed by atoms with Crippen LogP contribution in [0.2, 0.25) is 0 Å². The van der Waals surface area contributed by atoms with Crippen molar-refractivity contribution < 1.29 is 4.74 Å². The van der Waals surface area contributed by atoms with E-state index < -0.39 is 0 Å². The lowest BCUT2D eigenvalue weighted by atomic mass is 10.2. The summed E-state index contributed by atoms with van der Waals surface area (Å²) < 4.78 is 6.49. The Hall–Kier alpha value is -0.620. The van der Waals surface area contributed by atoms with Gasteiger partial charge in [-0.2, -0.15) is 0 Å². The molecule has 0 bridgehead atoms. The quantitative estimate of drug-likeness (QED) is 0.854. The number of nitrogens with zero attached hydrogens (tertiary/aromatic N) is 2. The van der Waals surface area contributed by atoms with E-state index in [1.807, 2.05) is 12.1 Å². The normalized spacial score (nSPS) is 25.1. The van der Waals surface area contributed by atoms with E-state index in [0.29, 0.717) is 6.04 Å². The molecule has 4 nitrogen and oxygen atoms in total. The lowest BCUT2D eigenvalue weighted by molar-refractivity contribution is 0.0184. The molecule has 2 aliphatic rings. The van der Waals surface area contributed by atoms with Crippen LogP contribution >= 0.6 is 15.9 Å². The summed E-state index contributed by atoms with van der Waals surface area (Å²) in [5.74, 6) is 0. The standard InChI is InChI=1S/C15H22BrN3O/c16-15-12(2-1-3-14(15)17)10-18-5-4-13(11-18)19-6-8-20-9-7-19/h1-3,13H,4-11,17H2. The summed E-state index contributed by atoms with van der Waals surface area (Å²) in [6, 6.07) is 6.82. The number of anilines is 1. The molecule has 2 saturated heterocycles. The second-order valence-electron chi connectivity index (χ2n) is 5.65. The van der Waals surface area contributed by atoms with Crippen LogP contribution in [0.1, 0.15) is 12.0 Å². The van der Waals surface area contributed by atoms with Crippen molar-refractivity contribution in [3.8, 4) is 0 Å². The number of nitrogens with two attached hydrogens (primary N) is 1. The number of likely N-dealkylation sites (tertiary alicyclic amines) is 1. The molecular weight excluding hydrogens is 318 g/mol. The van der Waals surface area contributed by atoms with Crippen molar-refractivity contribution in [2.24, 2.45) is 0 Å². The van der Waals surface area contributed by atoms with Crippen molar-refractivity contribution >= 4 is 21.6 Å². The van der Waals surface area contributed by atoms with Gasteiger partial charge < -0.3 is 10.5 Å². The van der Waals surface area contributed by atoms with E-state index in [1.54, 1.807) is 0 Å². The highest BCUT2D eigenvalue weighted by molar-refractivity contribution is 9.10. The van der Waals surface area contributed by atoms with Crippen LogP contribution in [0, 0.1) is 0 Å². The molecule has 1 aromatic carbocycles. The Balaban J connectivity index is 1.58. The minimum atomic E-state index is 0.693. The van der Waals surface area contributed by atoms with Crippen LogP contribution in [-0.2, 0) is 11.3 Å². The molecule has 2 fully saturated rings. The fourth-order valence-corrected chi connectivity index (χ4v) is 3.55. The van der Waals surface area contributed by atoms with Crippen molar-refractivity contribution in [3.05, 3.63) is 28.2 Å². The highest BCUT2D eigenvalue weighted by Crippen LogP contribution is 2.26. The number of nitrogen functional groups attached to an aromatic ring is 1. The zero-order valence-electron chi connectivity index (χ0n) is 11.7. The first-order chi connectivity index (χ1) is 9.74. The Kier molecular flexibility index (Phi) is 4.61. The van der Waals surface area contributed by atoms with Gasteiger partial charge >= 0.3 is 0 Å². The van der Waals surface area contributed by atoms with Crippen LogP contribution in [0.25, 0.3) is 0 Å². The molecule has 5 heteroatoms. The maximum atomic E-state index is 5.95. The molecule has 0 aliphatic carbocycles. The molecular formula is C15H22BrN3O. The Morgan fingerprint density at radius 1 is 1.25 bits per heavy atom. The van der Waals surface area contributed by atoms with E-state index >= 15 is 0 Å². The minimum Gasteiger partial charge on any atom is -0.398 e. The third-order valence-corrected chi connectivity index (χ3v) is 5.28. The molecule has 0 amide bonds. The summed E-state index contributed by atoms with van der Waals surface area (Å²) in [6.07, 6.45) is 1.26. The largest absolute Gasteiger partial charge is 0.398 e. The minimum absolute atomic E-state index is 0.693. The van der Waals surface area contributed by atoms with Gasteiger partial charge in [-0.25, -0.2) is 0 Å². The number of ether oxygens (including phenoxy) is 1. The van der Waals surface area contributed by atoms with Crippen LogP contribution in [0.5, 0.6) is 0 Å². The van der Waals surface area contributed by atoms with Crippen molar-refractivity contribution in [3.63, 3.8) is 0 Å². The van der Waals surface area contributed by atoms with Gasteiger partial charge in [0.15, 0.2) is 0 Å². The van der Waals surface area contributed by atoms with Gasteiger partial charge in [0.2, 0.25) is 0 Å². The van der Waals surface area contributed by atoms with Crippen LogP contribution in [-0.4, -0.2) is 55.2 Å². The van der Waals surface area contributed by atoms with Crippen LogP contribution in [0.3, 0.4) is 0 Å². The molecule has 110 valence electrons. The molecule has 0 saturated carbocycles. The number of benzene rings is 1. The summed E-state index contributed by atoms with van der Waals surface area (Å²) in [5.41, 5.74) is 8.06. The molecule has 1 aromatic rings. The number of hydrogen-bond acceptors (Lipinski definition) is 4. The van der Waals surface area contributed by atoms with Gasteiger partial charge in [-0.3, -0.25) is 9.80 Å². The second-order valence-corrected chi connectivity index (χ2v) is 6.44. The van der Waals surface area contributed by atoms with Crippen molar-refractivity contribution in [1.29, 1.82) is 0 Å². The van der Waals surface area contributed by atoms with Crippen LogP contribution in [0.4, 0.5) is 5.69 Å². The summed E-state index contributed by atoms with van der Waals surface area (Å²) in [4.78, 5) is 5.11. The van der Waals surface area contributed by atoms with Gasteiger partial charge in [0, 0.05) is 48.9 Å². The summed E-state index contributed by atoms with van der Waals surface area (Å²) in [7, 11) is 0. The smallest absolute Gasteiger partial charge is 0.0594 e. The zero-order chi connectivity index (χ0) is 13.9. The predicted molar refractivity (Wildman–Crippen MR) is 84.6 cm³/mol. The van der Waals surface area contributed by atoms with Crippen molar-refractivity contribution in [2.45, 2.75) is 19.0 Å². The predicted octanol–water partition coefficient (Wildman–Crippen LogP) is 1.94. The van der Waals surface area contributed by atoms with Gasteiger partial charge in [0.1, 0.15) is 0 Å². The average Bonchev–Trinajstić information content (AvgIpc) is 2.93. The first-order valence-electron chi connectivity index (χ1n) is 7.31. The van der Waals surface area contributed by atoms with E-state index in [1.165, 1.54) is 18.5 Å². The molecule has 2 N–H and O–H groups in total. The van der Waals surface area contributed by atoms with Crippen molar-refractivity contribution in [1.82, 2.24) is 9.80 Å². The van der Waals surface area contributed by atoms with Crippen LogP contribution < -0.4 is 5.73 Å². The lowest BCUT2D eigenvalue weighted by Crippen LogP contribution is -2.44. The third-order valence-electron chi connectivity index (χ3n) is 4.31.